The molecule has 2 aromatic rings. The predicted octanol–water partition coefficient (Wildman–Crippen LogP) is 2.50. The molecule has 21 heavy (non-hydrogen) atoms. The van der Waals surface area contributed by atoms with Crippen LogP contribution < -0.4 is 4.74 Å². The quantitative estimate of drug-likeness (QED) is 0.828. The summed E-state index contributed by atoms with van der Waals surface area (Å²) in [6, 6.07) is 4.05. The highest BCUT2D eigenvalue weighted by atomic mass is 19.1. The fourth-order valence-corrected chi connectivity index (χ4v) is 1.84. The monoisotopic (exact) mass is 293 g/mol. The SMILES string of the molecule is CCCCOc1cc(F)ccc1-c1nc(C(=O)O)nn1C. The van der Waals surface area contributed by atoms with Crippen molar-refractivity contribution in [3.05, 3.63) is 29.8 Å². The van der Waals surface area contributed by atoms with Crippen molar-refractivity contribution >= 4 is 5.97 Å². The molecule has 0 spiro atoms. The highest BCUT2D eigenvalue weighted by molar-refractivity contribution is 5.84. The van der Waals surface area contributed by atoms with Crippen molar-refractivity contribution in [2.24, 2.45) is 7.05 Å². The lowest BCUT2D eigenvalue weighted by atomic mass is 10.2. The summed E-state index contributed by atoms with van der Waals surface area (Å²) >= 11 is 0. The van der Waals surface area contributed by atoms with Crippen LogP contribution in [0.5, 0.6) is 5.75 Å². The summed E-state index contributed by atoms with van der Waals surface area (Å²) in [5.74, 6) is -1.30. The summed E-state index contributed by atoms with van der Waals surface area (Å²) in [4.78, 5) is 14.9. The van der Waals surface area contributed by atoms with Gasteiger partial charge < -0.3 is 9.84 Å². The van der Waals surface area contributed by atoms with Crippen LogP contribution in [0.2, 0.25) is 0 Å². The van der Waals surface area contributed by atoms with Crippen molar-refractivity contribution in [3.8, 4) is 17.1 Å². The molecule has 1 heterocycles. The Balaban J connectivity index is 2.40. The van der Waals surface area contributed by atoms with Crippen molar-refractivity contribution in [2.45, 2.75) is 19.8 Å². The lowest BCUT2D eigenvalue weighted by molar-refractivity contribution is 0.0683. The molecule has 7 heteroatoms. The van der Waals surface area contributed by atoms with E-state index in [1.54, 1.807) is 7.05 Å². The van der Waals surface area contributed by atoms with Crippen molar-refractivity contribution in [2.75, 3.05) is 6.61 Å². The molecule has 1 N–H and O–H groups in total. The van der Waals surface area contributed by atoms with Crippen molar-refractivity contribution < 1.29 is 19.0 Å². The molecule has 0 radical (unpaired) electrons. The molecular formula is C14H16FN3O3. The fraction of sp³-hybridized carbons (Fsp3) is 0.357. The Morgan fingerprint density at radius 2 is 2.24 bits per heavy atom. The number of halogens is 1. The molecule has 0 aliphatic heterocycles. The maximum absolute atomic E-state index is 13.4. The number of aryl methyl sites for hydroxylation is 1. The smallest absolute Gasteiger partial charge is 0.375 e. The van der Waals surface area contributed by atoms with E-state index in [2.05, 4.69) is 10.1 Å². The number of carboxylic acid groups (broad SMARTS) is 1. The van der Waals surface area contributed by atoms with E-state index in [0.717, 1.165) is 12.8 Å². The van der Waals surface area contributed by atoms with Crippen LogP contribution >= 0.6 is 0 Å². The van der Waals surface area contributed by atoms with Crippen LogP contribution in [0, 0.1) is 5.82 Å². The van der Waals surface area contributed by atoms with Crippen LogP contribution in [0.4, 0.5) is 4.39 Å². The Hall–Kier alpha value is -2.44. The number of rotatable bonds is 6. The minimum absolute atomic E-state index is 0.309. The normalized spacial score (nSPS) is 10.6. The van der Waals surface area contributed by atoms with Gasteiger partial charge in [-0.2, -0.15) is 0 Å². The van der Waals surface area contributed by atoms with Crippen molar-refractivity contribution in [1.29, 1.82) is 0 Å². The second kappa shape index (κ2) is 6.34. The molecule has 6 nitrogen and oxygen atoms in total. The Kier molecular flexibility index (Phi) is 4.52. The predicted molar refractivity (Wildman–Crippen MR) is 73.8 cm³/mol. The van der Waals surface area contributed by atoms with E-state index in [1.807, 2.05) is 6.92 Å². The molecule has 0 atom stereocenters. The second-order valence-electron chi connectivity index (χ2n) is 4.53. The zero-order chi connectivity index (χ0) is 15.4. The maximum atomic E-state index is 13.4. The third-order valence-electron chi connectivity index (χ3n) is 2.89. The summed E-state index contributed by atoms with van der Waals surface area (Å²) < 4.78 is 20.3. The number of aromatic carboxylic acids is 1. The van der Waals surface area contributed by atoms with Crippen LogP contribution in [0.15, 0.2) is 18.2 Å². The first kappa shape index (κ1) is 15.0. The molecule has 1 aromatic carbocycles. The van der Waals surface area contributed by atoms with Gasteiger partial charge in [0.25, 0.3) is 5.82 Å². The summed E-state index contributed by atoms with van der Waals surface area (Å²) in [5.41, 5.74) is 0.509. The Morgan fingerprint density at radius 1 is 1.48 bits per heavy atom. The molecule has 0 saturated carbocycles. The van der Waals surface area contributed by atoms with Gasteiger partial charge in [0.2, 0.25) is 0 Å². The maximum Gasteiger partial charge on any atom is 0.375 e. The Morgan fingerprint density at radius 3 is 2.86 bits per heavy atom. The third-order valence-corrected chi connectivity index (χ3v) is 2.89. The highest BCUT2D eigenvalue weighted by Crippen LogP contribution is 2.29. The largest absolute Gasteiger partial charge is 0.493 e. The number of aromatic nitrogens is 3. The summed E-state index contributed by atoms with van der Waals surface area (Å²) in [6.45, 7) is 2.48. The molecule has 0 aliphatic carbocycles. The van der Waals surface area contributed by atoms with Crippen LogP contribution in [-0.4, -0.2) is 32.4 Å². The standard InChI is InChI=1S/C14H16FN3O3/c1-3-4-7-21-11-8-9(15)5-6-10(11)13-16-12(14(19)20)17-18(13)2/h5-6,8H,3-4,7H2,1-2H3,(H,19,20). The molecular weight excluding hydrogens is 277 g/mol. The first-order valence-electron chi connectivity index (χ1n) is 6.60. The van der Waals surface area contributed by atoms with Crippen LogP contribution in [0.3, 0.4) is 0 Å². The Bertz CT molecular complexity index is 655. The number of benzene rings is 1. The number of hydrogen-bond donors (Lipinski definition) is 1. The Labute approximate surface area is 121 Å². The molecule has 0 unspecified atom stereocenters. The van der Waals surface area contributed by atoms with Crippen LogP contribution in [0.1, 0.15) is 30.4 Å². The number of carboxylic acids is 1. The van der Waals surface area contributed by atoms with E-state index in [4.69, 9.17) is 9.84 Å². The van der Waals surface area contributed by atoms with Gasteiger partial charge in [0.15, 0.2) is 5.82 Å². The van der Waals surface area contributed by atoms with Crippen molar-refractivity contribution in [1.82, 2.24) is 14.8 Å². The molecule has 112 valence electrons. The molecule has 0 fully saturated rings. The number of unbranched alkanes of at least 4 members (excludes halogenated alkanes) is 1. The van der Waals surface area contributed by atoms with E-state index >= 15 is 0 Å². The number of nitrogens with zero attached hydrogens (tertiary/aromatic N) is 3. The van der Waals surface area contributed by atoms with Gasteiger partial charge in [-0.3, -0.25) is 0 Å². The second-order valence-corrected chi connectivity index (χ2v) is 4.53. The van der Waals surface area contributed by atoms with Gasteiger partial charge in [-0.05, 0) is 18.6 Å². The first-order valence-corrected chi connectivity index (χ1v) is 6.60. The molecule has 0 amide bonds. The minimum Gasteiger partial charge on any atom is -0.493 e. The summed E-state index contributed by atoms with van der Waals surface area (Å²) in [6.07, 6.45) is 1.80. The van der Waals surface area contributed by atoms with E-state index in [9.17, 15) is 9.18 Å². The lowest BCUT2D eigenvalue weighted by Gasteiger charge is -2.10. The number of carbonyl (C=O) groups is 1. The van der Waals surface area contributed by atoms with Gasteiger partial charge in [-0.15, -0.1) is 5.10 Å². The molecule has 2 rings (SSSR count). The van der Waals surface area contributed by atoms with Gasteiger partial charge in [-0.25, -0.2) is 18.9 Å². The average Bonchev–Trinajstić information content (AvgIpc) is 2.82. The molecule has 0 saturated heterocycles. The minimum atomic E-state index is -1.22. The lowest BCUT2D eigenvalue weighted by Crippen LogP contribution is -2.01. The zero-order valence-corrected chi connectivity index (χ0v) is 11.8. The van der Waals surface area contributed by atoms with Crippen LogP contribution in [-0.2, 0) is 7.05 Å². The average molecular weight is 293 g/mol. The summed E-state index contributed by atoms with van der Waals surface area (Å²) in [5, 5.41) is 12.7. The zero-order valence-electron chi connectivity index (χ0n) is 11.8. The molecule has 1 aromatic heterocycles. The highest BCUT2D eigenvalue weighted by Gasteiger charge is 2.18. The number of hydrogen-bond acceptors (Lipinski definition) is 4. The molecule has 0 bridgehead atoms. The van der Waals surface area contributed by atoms with Gasteiger partial charge in [-0.1, -0.05) is 13.3 Å². The topological polar surface area (TPSA) is 77.2 Å². The third kappa shape index (κ3) is 3.36. The van der Waals surface area contributed by atoms with E-state index in [1.165, 1.54) is 22.9 Å². The van der Waals surface area contributed by atoms with Gasteiger partial charge in [0.1, 0.15) is 11.6 Å². The molecule has 0 aliphatic rings. The van der Waals surface area contributed by atoms with E-state index in [-0.39, 0.29) is 5.82 Å². The van der Waals surface area contributed by atoms with Crippen LogP contribution in [0.25, 0.3) is 11.4 Å². The fourth-order valence-electron chi connectivity index (χ4n) is 1.84. The van der Waals surface area contributed by atoms with Crippen molar-refractivity contribution in [3.63, 3.8) is 0 Å². The summed E-state index contributed by atoms with van der Waals surface area (Å²) in [7, 11) is 1.58. The van der Waals surface area contributed by atoms with Gasteiger partial charge in [0.05, 0.1) is 12.2 Å². The van der Waals surface area contributed by atoms with Gasteiger partial charge in [0, 0.05) is 13.1 Å². The number of ether oxygens (including phenoxy) is 1. The van der Waals surface area contributed by atoms with E-state index < -0.39 is 11.8 Å². The van der Waals surface area contributed by atoms with E-state index in [0.29, 0.717) is 23.7 Å². The van der Waals surface area contributed by atoms with Gasteiger partial charge >= 0.3 is 5.97 Å². The first-order chi connectivity index (χ1) is 10.0.